The average molecular weight is 673 g/mol. The van der Waals surface area contributed by atoms with Gasteiger partial charge < -0.3 is 30.3 Å². The average Bonchev–Trinajstić information content (AvgIpc) is 3.14. The number of hydrogen-bond acceptors (Lipinski definition) is 8. The summed E-state index contributed by atoms with van der Waals surface area (Å²) >= 11 is 0. The number of carbonyl (C=O) groups is 6. The molecule has 0 saturated heterocycles. The lowest BCUT2D eigenvalue weighted by Crippen LogP contribution is -2.25. The molecule has 0 spiro atoms. The number of rotatable bonds is 12. The minimum Gasteiger partial charge on any atom is -0.478 e. The van der Waals surface area contributed by atoms with Gasteiger partial charge in [0.1, 0.15) is 11.5 Å². The first-order valence-corrected chi connectivity index (χ1v) is 15.0. The quantitative estimate of drug-likeness (QED) is 0.0991. The number of nitrogens with one attached hydrogen (secondary N) is 2. The Morgan fingerprint density at radius 3 is 1.12 bits per heavy atom. The lowest BCUT2D eigenvalue weighted by molar-refractivity contribution is 0.0685. The van der Waals surface area contributed by atoms with Gasteiger partial charge in [0, 0.05) is 24.2 Å². The van der Waals surface area contributed by atoms with Crippen LogP contribution in [0.5, 0.6) is 11.5 Å². The van der Waals surface area contributed by atoms with Gasteiger partial charge >= 0.3 is 23.9 Å². The summed E-state index contributed by atoms with van der Waals surface area (Å²) in [7, 11) is 0. The number of carbonyl (C=O) groups excluding carboxylic acids is 4. The maximum Gasteiger partial charge on any atom is 0.343 e. The number of ether oxygens (including phenoxy) is 2. The fraction of sp³-hybridized carbons (Fsp3) is 0.0526. The number of carboxylic acids is 2. The molecule has 5 aromatic rings. The molecule has 5 aromatic carbocycles. The van der Waals surface area contributed by atoms with Crippen LogP contribution >= 0.6 is 0 Å². The molecule has 5 rings (SSSR count). The van der Waals surface area contributed by atoms with Gasteiger partial charge in [-0.25, -0.2) is 19.2 Å². The van der Waals surface area contributed by atoms with Crippen LogP contribution in [-0.4, -0.2) is 45.9 Å². The second-order valence-corrected chi connectivity index (χ2v) is 10.8. The van der Waals surface area contributed by atoms with E-state index in [1.807, 2.05) is 0 Å². The third kappa shape index (κ3) is 9.04. The summed E-state index contributed by atoms with van der Waals surface area (Å²) in [6, 6.07) is 29.9. The maximum atomic E-state index is 12.8. The molecule has 250 valence electrons. The van der Waals surface area contributed by atoms with Crippen molar-refractivity contribution in [3.63, 3.8) is 0 Å². The molecule has 50 heavy (non-hydrogen) atoms. The van der Waals surface area contributed by atoms with Crippen molar-refractivity contribution in [1.82, 2.24) is 10.6 Å². The van der Waals surface area contributed by atoms with E-state index >= 15 is 0 Å². The predicted molar refractivity (Wildman–Crippen MR) is 178 cm³/mol. The van der Waals surface area contributed by atoms with Crippen molar-refractivity contribution in [2.75, 3.05) is 0 Å². The molecule has 0 aliphatic heterocycles. The van der Waals surface area contributed by atoms with Crippen molar-refractivity contribution < 1.29 is 48.5 Å². The first-order chi connectivity index (χ1) is 24.0. The standard InChI is InChI=1S/C38H28N2O10/c41-33(39-21-23-4-16-31(17-5-23)49-37(47)27-12-8-25(9-13-27)35(43)44)29-2-1-3-30(20-29)34(42)40-22-24-6-18-32(19-7-24)50-38(48)28-14-10-26(11-15-28)36(45)46/h1-20H,21-22H2,(H,39,41)(H,40,42)(H,43,44)(H,45,46). The lowest BCUT2D eigenvalue weighted by Gasteiger charge is -2.10. The first kappa shape index (κ1) is 34.3. The van der Waals surface area contributed by atoms with E-state index in [0.29, 0.717) is 0 Å². The molecular weight excluding hydrogens is 644 g/mol. The Hall–Kier alpha value is -7.08. The van der Waals surface area contributed by atoms with Crippen molar-refractivity contribution >= 4 is 35.7 Å². The molecule has 4 N–H and O–H groups in total. The van der Waals surface area contributed by atoms with Gasteiger partial charge in [0.2, 0.25) is 0 Å². The van der Waals surface area contributed by atoms with Crippen molar-refractivity contribution in [2.45, 2.75) is 13.1 Å². The van der Waals surface area contributed by atoms with E-state index in [-0.39, 0.29) is 58.0 Å². The fourth-order valence-electron chi connectivity index (χ4n) is 4.55. The third-order valence-corrected chi connectivity index (χ3v) is 7.30. The third-order valence-electron chi connectivity index (χ3n) is 7.30. The van der Waals surface area contributed by atoms with Gasteiger partial charge in [-0.15, -0.1) is 0 Å². The number of hydrogen-bond donors (Lipinski definition) is 4. The van der Waals surface area contributed by atoms with Crippen LogP contribution in [0.2, 0.25) is 0 Å². The van der Waals surface area contributed by atoms with Crippen LogP contribution in [0, 0.1) is 0 Å². The van der Waals surface area contributed by atoms with E-state index in [9.17, 15) is 28.8 Å². The molecule has 0 unspecified atom stereocenters. The van der Waals surface area contributed by atoms with Gasteiger partial charge in [0.05, 0.1) is 22.3 Å². The van der Waals surface area contributed by atoms with Crippen molar-refractivity contribution in [3.05, 3.63) is 166 Å². The molecule has 12 heteroatoms. The molecule has 12 nitrogen and oxygen atoms in total. The van der Waals surface area contributed by atoms with Crippen LogP contribution in [-0.2, 0) is 13.1 Å². The molecule has 2 amide bonds. The predicted octanol–water partition coefficient (Wildman–Crippen LogP) is 5.38. The molecule has 0 radical (unpaired) electrons. The molecule has 0 heterocycles. The summed E-state index contributed by atoms with van der Waals surface area (Å²) in [6.45, 7) is 0.338. The molecule has 0 saturated carbocycles. The Balaban J connectivity index is 1.08. The Labute approximate surface area is 284 Å². The Morgan fingerprint density at radius 1 is 0.440 bits per heavy atom. The molecular formula is C38H28N2O10. The van der Waals surface area contributed by atoms with Gasteiger partial charge in [-0.3, -0.25) is 9.59 Å². The highest BCUT2D eigenvalue weighted by Crippen LogP contribution is 2.17. The minimum absolute atomic E-state index is 0.0527. The van der Waals surface area contributed by atoms with Crippen molar-refractivity contribution in [3.8, 4) is 11.5 Å². The molecule has 0 fully saturated rings. The summed E-state index contributed by atoms with van der Waals surface area (Å²) < 4.78 is 10.7. The number of amides is 2. The Bertz CT molecular complexity index is 1910. The summed E-state index contributed by atoms with van der Waals surface area (Å²) in [5.41, 5.74) is 2.51. The fourth-order valence-corrected chi connectivity index (χ4v) is 4.55. The van der Waals surface area contributed by atoms with Gasteiger partial charge in [-0.1, -0.05) is 30.3 Å². The van der Waals surface area contributed by atoms with Gasteiger partial charge in [-0.2, -0.15) is 0 Å². The van der Waals surface area contributed by atoms with E-state index in [4.69, 9.17) is 19.7 Å². The molecule has 0 aliphatic carbocycles. The summed E-state index contributed by atoms with van der Waals surface area (Å²) in [5.74, 6) is -3.75. The molecule has 0 aliphatic rings. The van der Waals surface area contributed by atoms with Crippen LogP contribution in [0.3, 0.4) is 0 Å². The summed E-state index contributed by atoms with van der Waals surface area (Å²) in [5, 5.41) is 23.6. The number of esters is 2. The van der Waals surface area contributed by atoms with Gasteiger partial charge in [0.15, 0.2) is 0 Å². The Kier molecular flexibility index (Phi) is 10.7. The number of benzene rings is 5. The second-order valence-electron chi connectivity index (χ2n) is 10.8. The lowest BCUT2D eigenvalue weighted by atomic mass is 10.1. The van der Waals surface area contributed by atoms with Gasteiger partial charge in [0.25, 0.3) is 11.8 Å². The zero-order valence-corrected chi connectivity index (χ0v) is 26.1. The van der Waals surface area contributed by atoms with E-state index < -0.39 is 35.7 Å². The minimum atomic E-state index is -1.10. The normalized spacial score (nSPS) is 10.4. The SMILES string of the molecule is O=C(O)c1ccc(C(=O)Oc2ccc(CNC(=O)c3cccc(C(=O)NCc4ccc(OC(=O)c5ccc(C(=O)O)cc5)cc4)c3)cc2)cc1. The Morgan fingerprint density at radius 2 is 0.780 bits per heavy atom. The van der Waals surface area contributed by atoms with Crippen molar-refractivity contribution in [2.24, 2.45) is 0 Å². The highest BCUT2D eigenvalue weighted by atomic mass is 16.5. The van der Waals surface area contributed by atoms with Crippen LogP contribution in [0.1, 0.15) is 73.3 Å². The first-order valence-electron chi connectivity index (χ1n) is 15.0. The zero-order valence-electron chi connectivity index (χ0n) is 26.1. The smallest absolute Gasteiger partial charge is 0.343 e. The van der Waals surface area contributed by atoms with E-state index in [0.717, 1.165) is 11.1 Å². The highest BCUT2D eigenvalue weighted by molar-refractivity contribution is 5.99. The molecule has 0 bridgehead atoms. The monoisotopic (exact) mass is 672 g/mol. The van der Waals surface area contributed by atoms with Gasteiger partial charge in [-0.05, 0) is 102 Å². The van der Waals surface area contributed by atoms with Crippen LogP contribution in [0.4, 0.5) is 0 Å². The van der Waals surface area contributed by atoms with Crippen LogP contribution < -0.4 is 20.1 Å². The summed E-state index contributed by atoms with van der Waals surface area (Å²) in [4.78, 5) is 72.4. The molecule has 0 atom stereocenters. The zero-order chi connectivity index (χ0) is 35.6. The number of carboxylic acid groups (broad SMARTS) is 2. The van der Waals surface area contributed by atoms with E-state index in [1.165, 1.54) is 54.6 Å². The summed E-state index contributed by atoms with van der Waals surface area (Å²) in [6.07, 6.45) is 0. The highest BCUT2D eigenvalue weighted by Gasteiger charge is 2.14. The van der Waals surface area contributed by atoms with Crippen LogP contribution in [0.25, 0.3) is 0 Å². The number of aromatic carboxylic acids is 2. The topological polar surface area (TPSA) is 185 Å². The van der Waals surface area contributed by atoms with Crippen LogP contribution in [0.15, 0.2) is 121 Å². The van der Waals surface area contributed by atoms with E-state index in [1.54, 1.807) is 66.7 Å². The maximum absolute atomic E-state index is 12.8. The van der Waals surface area contributed by atoms with E-state index in [2.05, 4.69) is 10.6 Å². The molecule has 0 aromatic heterocycles. The van der Waals surface area contributed by atoms with Crippen molar-refractivity contribution in [1.29, 1.82) is 0 Å². The largest absolute Gasteiger partial charge is 0.478 e. The second kappa shape index (κ2) is 15.7.